The van der Waals surface area contributed by atoms with Crippen LogP contribution in [0.4, 0.5) is 0 Å². The number of carbonyl (C=O) groups is 2. The van der Waals surface area contributed by atoms with Crippen LogP contribution in [0.25, 0.3) is 0 Å². The average Bonchev–Trinajstić information content (AvgIpc) is 2.40. The van der Waals surface area contributed by atoms with Crippen LogP contribution in [0.3, 0.4) is 0 Å². The molecule has 0 unspecified atom stereocenters. The highest BCUT2D eigenvalue weighted by atomic mass is 16.8. The Hall–Kier alpha value is -1.26. The molecule has 0 saturated heterocycles. The lowest BCUT2D eigenvalue weighted by molar-refractivity contribution is -0.328. The van der Waals surface area contributed by atoms with E-state index in [1.165, 1.54) is 0 Å². The summed E-state index contributed by atoms with van der Waals surface area (Å²) in [5.41, 5.74) is 10.4. The summed E-state index contributed by atoms with van der Waals surface area (Å²) in [5, 5.41) is 33.4. The van der Waals surface area contributed by atoms with Gasteiger partial charge in [-0.3, -0.25) is 20.0 Å². The van der Waals surface area contributed by atoms with Crippen molar-refractivity contribution in [3.8, 4) is 0 Å². The summed E-state index contributed by atoms with van der Waals surface area (Å²) >= 11 is 0. The number of aliphatic carboxylic acids is 2. The molecule has 0 aliphatic heterocycles. The van der Waals surface area contributed by atoms with Crippen molar-refractivity contribution in [2.75, 3.05) is 6.54 Å². The SMILES string of the molecule is CCCC[C@H](N)C(=O)O.NCCCC[C@@H](C(=O)O)N(O)O. The van der Waals surface area contributed by atoms with Crippen LogP contribution < -0.4 is 11.5 Å². The Morgan fingerprint density at radius 2 is 1.62 bits per heavy atom. The fraction of sp³-hybridized carbons (Fsp3) is 0.833. The number of unbranched alkanes of at least 4 members (excludes halogenated alkanes) is 2. The number of nitrogens with two attached hydrogens (primary N) is 2. The van der Waals surface area contributed by atoms with E-state index in [0.717, 1.165) is 12.8 Å². The van der Waals surface area contributed by atoms with Crippen molar-refractivity contribution < 1.29 is 30.2 Å². The maximum Gasteiger partial charge on any atom is 0.325 e. The van der Waals surface area contributed by atoms with Gasteiger partial charge in [0.05, 0.1) is 0 Å². The zero-order valence-electron chi connectivity index (χ0n) is 12.3. The summed E-state index contributed by atoms with van der Waals surface area (Å²) in [6.07, 6.45) is 3.91. The molecule has 0 aromatic carbocycles. The average molecular weight is 309 g/mol. The number of hydroxylamine groups is 2. The summed E-state index contributed by atoms with van der Waals surface area (Å²) < 4.78 is 0. The predicted molar refractivity (Wildman–Crippen MR) is 74.9 cm³/mol. The molecule has 0 fully saturated rings. The van der Waals surface area contributed by atoms with Crippen molar-refractivity contribution in [3.63, 3.8) is 0 Å². The molecule has 0 aromatic rings. The Kier molecular flexibility index (Phi) is 14.4. The maximum atomic E-state index is 10.3. The monoisotopic (exact) mass is 309 g/mol. The zero-order chi connectivity index (χ0) is 16.8. The molecule has 9 heteroatoms. The van der Waals surface area contributed by atoms with Gasteiger partial charge < -0.3 is 21.7 Å². The van der Waals surface area contributed by atoms with Crippen LogP contribution in [0.2, 0.25) is 0 Å². The van der Waals surface area contributed by atoms with Crippen LogP contribution in [-0.2, 0) is 9.59 Å². The van der Waals surface area contributed by atoms with Gasteiger partial charge in [-0.1, -0.05) is 25.0 Å². The van der Waals surface area contributed by atoms with Crippen LogP contribution in [0.15, 0.2) is 0 Å². The second-order valence-corrected chi connectivity index (χ2v) is 4.55. The minimum atomic E-state index is -1.25. The van der Waals surface area contributed by atoms with E-state index in [9.17, 15) is 9.59 Å². The van der Waals surface area contributed by atoms with Crippen molar-refractivity contribution in [1.82, 2.24) is 5.23 Å². The summed E-state index contributed by atoms with van der Waals surface area (Å²) in [6, 6.07) is -1.92. The molecule has 0 saturated carbocycles. The smallest absolute Gasteiger partial charge is 0.325 e. The molecule has 0 heterocycles. The van der Waals surface area contributed by atoms with Gasteiger partial charge in [0.25, 0.3) is 0 Å². The molecule has 9 nitrogen and oxygen atoms in total. The van der Waals surface area contributed by atoms with Crippen LogP contribution in [0.1, 0.15) is 45.4 Å². The first-order valence-electron chi connectivity index (χ1n) is 6.86. The van der Waals surface area contributed by atoms with Crippen molar-refractivity contribution in [3.05, 3.63) is 0 Å². The minimum absolute atomic E-state index is 0.180. The normalized spacial score (nSPS) is 13.2. The Morgan fingerprint density at radius 1 is 1.05 bits per heavy atom. The molecule has 0 amide bonds. The summed E-state index contributed by atoms with van der Waals surface area (Å²) in [4.78, 5) is 20.4. The molecular formula is C12H27N3O6. The standard InChI is InChI=1S/C6H14N2O4.C6H13NO2/c7-4-2-1-3-5(6(9)10)8(11)12;1-2-3-4-5(7)6(8)9/h5,11-12H,1-4,7H2,(H,9,10);5H,2-4,7H2,1H3,(H,8,9)/t2*5-/m00/s1. The second-order valence-electron chi connectivity index (χ2n) is 4.55. The van der Waals surface area contributed by atoms with Crippen LogP contribution in [-0.4, -0.2) is 56.4 Å². The highest BCUT2D eigenvalue weighted by molar-refractivity contribution is 5.73. The molecule has 126 valence electrons. The van der Waals surface area contributed by atoms with Crippen LogP contribution >= 0.6 is 0 Å². The molecule has 2 atom stereocenters. The zero-order valence-corrected chi connectivity index (χ0v) is 12.3. The molecule has 0 aliphatic rings. The van der Waals surface area contributed by atoms with E-state index < -0.39 is 24.0 Å². The van der Waals surface area contributed by atoms with E-state index in [4.69, 9.17) is 32.1 Å². The third-order valence-electron chi connectivity index (χ3n) is 2.68. The lowest BCUT2D eigenvalue weighted by atomic mass is 10.1. The van der Waals surface area contributed by atoms with E-state index in [1.54, 1.807) is 0 Å². The van der Waals surface area contributed by atoms with Crippen molar-refractivity contribution in [2.24, 2.45) is 11.5 Å². The number of nitrogens with zero attached hydrogens (tertiary/aromatic N) is 1. The summed E-state index contributed by atoms with van der Waals surface area (Å²) in [6.45, 7) is 2.48. The molecule has 0 rings (SSSR count). The fourth-order valence-electron chi connectivity index (χ4n) is 1.37. The van der Waals surface area contributed by atoms with Crippen LogP contribution in [0, 0.1) is 0 Å². The largest absolute Gasteiger partial charge is 0.480 e. The van der Waals surface area contributed by atoms with Gasteiger partial charge in [-0.05, 0) is 32.2 Å². The molecule has 0 aliphatic carbocycles. The number of hydrogen-bond donors (Lipinski definition) is 6. The van der Waals surface area contributed by atoms with Gasteiger partial charge in [-0.2, -0.15) is 0 Å². The van der Waals surface area contributed by atoms with E-state index in [0.29, 0.717) is 25.8 Å². The van der Waals surface area contributed by atoms with Gasteiger partial charge in [0.1, 0.15) is 6.04 Å². The number of carboxylic acid groups (broad SMARTS) is 2. The number of carboxylic acids is 2. The Labute approximate surface area is 124 Å². The summed E-state index contributed by atoms with van der Waals surface area (Å²) in [5.74, 6) is -2.15. The highest BCUT2D eigenvalue weighted by Gasteiger charge is 2.22. The number of hydrogen-bond acceptors (Lipinski definition) is 7. The van der Waals surface area contributed by atoms with Gasteiger partial charge in [-0.15, -0.1) is 0 Å². The molecule has 0 radical (unpaired) electrons. The van der Waals surface area contributed by atoms with E-state index in [2.05, 4.69) is 0 Å². The van der Waals surface area contributed by atoms with Gasteiger partial charge in [0.15, 0.2) is 6.04 Å². The molecule has 21 heavy (non-hydrogen) atoms. The Morgan fingerprint density at radius 3 is 1.95 bits per heavy atom. The fourth-order valence-corrected chi connectivity index (χ4v) is 1.37. The van der Waals surface area contributed by atoms with E-state index in [1.807, 2.05) is 6.92 Å². The van der Waals surface area contributed by atoms with E-state index in [-0.39, 0.29) is 11.6 Å². The predicted octanol–water partition coefficient (Wildman–Crippen LogP) is 0.238. The molecule has 8 N–H and O–H groups in total. The lowest BCUT2D eigenvalue weighted by Crippen LogP contribution is -2.36. The molecule has 0 bridgehead atoms. The van der Waals surface area contributed by atoms with Crippen molar-refractivity contribution in [1.29, 1.82) is 0 Å². The van der Waals surface area contributed by atoms with Crippen LogP contribution in [0.5, 0.6) is 0 Å². The highest BCUT2D eigenvalue weighted by Crippen LogP contribution is 2.04. The molecule has 0 aromatic heterocycles. The first kappa shape index (κ1) is 22.0. The third kappa shape index (κ3) is 13.5. The Bertz CT molecular complexity index is 288. The first-order valence-corrected chi connectivity index (χ1v) is 6.86. The van der Waals surface area contributed by atoms with Gasteiger partial charge in [0, 0.05) is 0 Å². The third-order valence-corrected chi connectivity index (χ3v) is 2.68. The molecular weight excluding hydrogens is 282 g/mol. The Balaban J connectivity index is 0. The minimum Gasteiger partial charge on any atom is -0.480 e. The number of rotatable bonds is 10. The van der Waals surface area contributed by atoms with Gasteiger partial charge in [0.2, 0.25) is 0 Å². The summed E-state index contributed by atoms with van der Waals surface area (Å²) in [7, 11) is 0. The van der Waals surface area contributed by atoms with Gasteiger partial charge in [-0.25, -0.2) is 0 Å². The molecule has 0 spiro atoms. The van der Waals surface area contributed by atoms with Crippen molar-refractivity contribution >= 4 is 11.9 Å². The lowest BCUT2D eigenvalue weighted by Gasteiger charge is -2.15. The van der Waals surface area contributed by atoms with Gasteiger partial charge >= 0.3 is 11.9 Å². The quantitative estimate of drug-likeness (QED) is 0.244. The van der Waals surface area contributed by atoms with Crippen molar-refractivity contribution in [2.45, 2.75) is 57.5 Å². The first-order chi connectivity index (χ1) is 9.77. The maximum absolute atomic E-state index is 10.3. The van der Waals surface area contributed by atoms with E-state index >= 15 is 0 Å². The second kappa shape index (κ2) is 13.7. The topological polar surface area (TPSA) is 170 Å².